The van der Waals surface area contributed by atoms with Gasteiger partial charge in [-0.2, -0.15) is 0 Å². The Labute approximate surface area is 168 Å². The Morgan fingerprint density at radius 1 is 0.536 bits per heavy atom. The number of para-hydroxylation sites is 1. The molecule has 0 saturated carbocycles. The zero-order valence-electron chi connectivity index (χ0n) is 15.0. The van der Waals surface area contributed by atoms with Crippen molar-refractivity contribution in [3.05, 3.63) is 103 Å². The largest absolute Gasteiger partial charge is 0.508 e. The Morgan fingerprint density at radius 2 is 1.07 bits per heavy atom. The average molecular weight is 386 g/mol. The first kappa shape index (κ1) is 18.0. The van der Waals surface area contributed by atoms with Crippen molar-refractivity contribution in [1.29, 1.82) is 0 Å². The van der Waals surface area contributed by atoms with Gasteiger partial charge in [-0.05, 0) is 71.8 Å². The summed E-state index contributed by atoms with van der Waals surface area (Å²) in [6.45, 7) is 0. The Balaban J connectivity index is 1.37. The second-order valence-corrected chi connectivity index (χ2v) is 6.93. The number of aromatic hydroxyl groups is 1. The third-order valence-corrected chi connectivity index (χ3v) is 4.83. The molecule has 0 radical (unpaired) electrons. The quantitative estimate of drug-likeness (QED) is 0.364. The van der Waals surface area contributed by atoms with E-state index in [4.69, 9.17) is 8.92 Å². The highest BCUT2D eigenvalue weighted by atomic mass is 32.2. The van der Waals surface area contributed by atoms with E-state index >= 15 is 0 Å². The van der Waals surface area contributed by atoms with E-state index in [0.29, 0.717) is 0 Å². The van der Waals surface area contributed by atoms with Gasteiger partial charge in [0.2, 0.25) is 0 Å². The lowest BCUT2D eigenvalue weighted by molar-refractivity contribution is 0.475. The molecule has 4 aromatic carbocycles. The van der Waals surface area contributed by atoms with Gasteiger partial charge in [0.1, 0.15) is 23.0 Å². The molecule has 0 heterocycles. The molecule has 4 aromatic rings. The Hall–Kier alpha value is -3.37. The zero-order chi connectivity index (χ0) is 19.2. The lowest BCUT2D eigenvalue weighted by atomic mass is 10.1. The normalized spacial score (nSPS) is 10.4. The molecule has 3 nitrogen and oxygen atoms in total. The maximum absolute atomic E-state index is 9.39. The van der Waals surface area contributed by atoms with E-state index in [-0.39, 0.29) is 5.75 Å². The molecule has 0 aliphatic heterocycles. The molecular weight excluding hydrogens is 368 g/mol. The minimum atomic E-state index is 0.263. The number of hydrogen-bond donors (Lipinski definition) is 1. The molecule has 0 aromatic heterocycles. The second kappa shape index (κ2) is 8.55. The van der Waals surface area contributed by atoms with Crippen molar-refractivity contribution < 1.29 is 14.0 Å². The molecule has 0 unspecified atom stereocenters. The summed E-state index contributed by atoms with van der Waals surface area (Å²) in [5.74, 6) is 2.62. The van der Waals surface area contributed by atoms with Crippen molar-refractivity contribution in [1.82, 2.24) is 0 Å². The lowest BCUT2D eigenvalue weighted by Crippen LogP contribution is -1.86. The van der Waals surface area contributed by atoms with Gasteiger partial charge in [-0.15, -0.1) is 0 Å². The first-order valence-electron chi connectivity index (χ1n) is 8.83. The van der Waals surface area contributed by atoms with Crippen LogP contribution in [0, 0.1) is 0 Å². The summed E-state index contributed by atoms with van der Waals surface area (Å²) in [4.78, 5) is 0.999. The molecule has 28 heavy (non-hydrogen) atoms. The van der Waals surface area contributed by atoms with Gasteiger partial charge in [-0.1, -0.05) is 42.5 Å². The number of ether oxygens (including phenoxy) is 1. The monoisotopic (exact) mass is 386 g/mol. The van der Waals surface area contributed by atoms with Gasteiger partial charge in [0, 0.05) is 4.90 Å². The molecule has 1 N–H and O–H groups in total. The Bertz CT molecular complexity index is 1010. The zero-order valence-corrected chi connectivity index (χ0v) is 15.8. The van der Waals surface area contributed by atoms with Crippen molar-refractivity contribution in [2.75, 3.05) is 0 Å². The van der Waals surface area contributed by atoms with Gasteiger partial charge < -0.3 is 14.0 Å². The molecule has 0 fully saturated rings. The fraction of sp³-hybridized carbons (Fsp3) is 0. The van der Waals surface area contributed by atoms with Crippen LogP contribution in [-0.4, -0.2) is 5.11 Å². The molecular formula is C24H18O3S. The molecule has 0 bridgehead atoms. The summed E-state index contributed by atoms with van der Waals surface area (Å²) < 4.78 is 11.6. The highest BCUT2D eigenvalue weighted by Crippen LogP contribution is 2.29. The van der Waals surface area contributed by atoms with Crippen LogP contribution in [0.2, 0.25) is 0 Å². The van der Waals surface area contributed by atoms with Crippen LogP contribution >= 0.6 is 12.0 Å². The van der Waals surface area contributed by atoms with E-state index < -0.39 is 0 Å². The van der Waals surface area contributed by atoms with E-state index in [1.807, 2.05) is 91.0 Å². The van der Waals surface area contributed by atoms with Crippen LogP contribution in [0.4, 0.5) is 0 Å². The lowest BCUT2D eigenvalue weighted by Gasteiger charge is -2.08. The average Bonchev–Trinajstić information content (AvgIpc) is 2.75. The van der Waals surface area contributed by atoms with Crippen LogP contribution in [-0.2, 0) is 0 Å². The summed E-state index contributed by atoms with van der Waals surface area (Å²) in [6, 6.07) is 32.5. The summed E-state index contributed by atoms with van der Waals surface area (Å²) in [5.41, 5.74) is 2.11. The SMILES string of the molecule is Oc1ccc(-c2ccc(Oc3ccc(SOc4ccccc4)cc3)cc2)cc1. The predicted molar refractivity (Wildman–Crippen MR) is 113 cm³/mol. The number of hydrogen-bond acceptors (Lipinski definition) is 4. The van der Waals surface area contributed by atoms with E-state index in [1.165, 1.54) is 12.0 Å². The van der Waals surface area contributed by atoms with E-state index in [1.54, 1.807) is 12.1 Å². The van der Waals surface area contributed by atoms with Crippen LogP contribution in [0.25, 0.3) is 11.1 Å². The highest BCUT2D eigenvalue weighted by Gasteiger charge is 2.02. The van der Waals surface area contributed by atoms with Gasteiger partial charge in [0.15, 0.2) is 0 Å². The summed E-state index contributed by atoms with van der Waals surface area (Å²) >= 11 is 1.32. The highest BCUT2D eigenvalue weighted by molar-refractivity contribution is 7.95. The van der Waals surface area contributed by atoms with Crippen molar-refractivity contribution in [2.45, 2.75) is 4.90 Å². The molecule has 0 aliphatic rings. The summed E-state index contributed by atoms with van der Waals surface area (Å²) in [7, 11) is 0. The molecule has 0 spiro atoms. The Kier molecular flexibility index (Phi) is 5.50. The van der Waals surface area contributed by atoms with Gasteiger partial charge in [0.25, 0.3) is 0 Å². The fourth-order valence-electron chi connectivity index (χ4n) is 2.64. The molecule has 0 amide bonds. The minimum Gasteiger partial charge on any atom is -0.508 e. The number of phenolic OH excluding ortho intramolecular Hbond substituents is 1. The van der Waals surface area contributed by atoms with E-state index in [9.17, 15) is 5.11 Å². The van der Waals surface area contributed by atoms with Crippen LogP contribution in [0.5, 0.6) is 23.0 Å². The molecule has 138 valence electrons. The maximum Gasteiger partial charge on any atom is 0.137 e. The third-order valence-electron chi connectivity index (χ3n) is 4.09. The number of rotatable bonds is 6. The summed E-state index contributed by atoms with van der Waals surface area (Å²) in [5, 5.41) is 9.39. The fourth-order valence-corrected chi connectivity index (χ4v) is 3.19. The van der Waals surface area contributed by atoms with E-state index in [2.05, 4.69) is 0 Å². The topological polar surface area (TPSA) is 38.7 Å². The predicted octanol–water partition coefficient (Wildman–Crippen LogP) is 6.94. The molecule has 0 saturated heterocycles. The van der Waals surface area contributed by atoms with Gasteiger partial charge in [-0.3, -0.25) is 0 Å². The smallest absolute Gasteiger partial charge is 0.137 e. The third kappa shape index (κ3) is 4.67. The summed E-state index contributed by atoms with van der Waals surface area (Å²) in [6.07, 6.45) is 0. The first-order valence-corrected chi connectivity index (χ1v) is 9.57. The van der Waals surface area contributed by atoms with E-state index in [0.717, 1.165) is 33.3 Å². The minimum absolute atomic E-state index is 0.263. The van der Waals surface area contributed by atoms with Crippen molar-refractivity contribution in [2.24, 2.45) is 0 Å². The first-order chi connectivity index (χ1) is 13.8. The van der Waals surface area contributed by atoms with Gasteiger partial charge in [-0.25, -0.2) is 0 Å². The maximum atomic E-state index is 9.39. The standard InChI is InChI=1S/C24H18O3S/c25-20-10-6-18(7-11-20)19-8-12-21(13-9-19)26-22-14-16-24(17-15-22)28-27-23-4-2-1-3-5-23/h1-17,25H. The second-order valence-electron chi connectivity index (χ2n) is 6.12. The van der Waals surface area contributed by atoms with Crippen LogP contribution in [0.1, 0.15) is 0 Å². The molecule has 0 aliphatic carbocycles. The molecule has 4 heteroatoms. The number of phenols is 1. The molecule has 0 atom stereocenters. The van der Waals surface area contributed by atoms with Crippen LogP contribution in [0.15, 0.2) is 108 Å². The van der Waals surface area contributed by atoms with Crippen LogP contribution < -0.4 is 8.92 Å². The number of benzene rings is 4. The van der Waals surface area contributed by atoms with Crippen molar-refractivity contribution in [3.63, 3.8) is 0 Å². The van der Waals surface area contributed by atoms with Gasteiger partial charge in [0.05, 0.1) is 12.0 Å². The Morgan fingerprint density at radius 3 is 1.68 bits per heavy atom. The van der Waals surface area contributed by atoms with Crippen molar-refractivity contribution in [3.8, 4) is 34.1 Å². The molecule has 4 rings (SSSR count). The van der Waals surface area contributed by atoms with Crippen molar-refractivity contribution >= 4 is 12.0 Å². The van der Waals surface area contributed by atoms with Gasteiger partial charge >= 0.3 is 0 Å². The van der Waals surface area contributed by atoms with Crippen LogP contribution in [0.3, 0.4) is 0 Å².